The van der Waals surface area contributed by atoms with E-state index in [1.807, 2.05) is 12.1 Å². The molecular weight excluding hydrogens is 395 g/mol. The average Bonchev–Trinajstić information content (AvgIpc) is 2.61. The van der Waals surface area contributed by atoms with Crippen molar-refractivity contribution in [2.75, 3.05) is 6.35 Å². The fourth-order valence-corrected chi connectivity index (χ4v) is 2.64. The van der Waals surface area contributed by atoms with Gasteiger partial charge in [-0.1, -0.05) is 0 Å². The summed E-state index contributed by atoms with van der Waals surface area (Å²) in [6, 6.07) is 10.4. The molecule has 0 aliphatic rings. The molecule has 10 heteroatoms. The minimum absolute atomic E-state index is 0.0213. The topological polar surface area (TPSA) is 144 Å². The number of benzene rings is 2. The number of alkyl halides is 1. The predicted octanol–water partition coefficient (Wildman–Crippen LogP) is 3.74. The van der Waals surface area contributed by atoms with E-state index in [0.717, 1.165) is 0 Å². The number of aromatic hydroxyl groups is 1. The highest BCUT2D eigenvalue weighted by atomic mass is 35.5. The van der Waals surface area contributed by atoms with Crippen molar-refractivity contribution >= 4 is 19.2 Å². The van der Waals surface area contributed by atoms with Crippen LogP contribution in [0.1, 0.15) is 29.0 Å². The molecule has 0 heterocycles. The molecule has 0 saturated carbocycles. The zero-order valence-corrected chi connectivity index (χ0v) is 15.6. The van der Waals surface area contributed by atoms with Crippen LogP contribution in [-0.2, 0) is 4.57 Å². The maximum absolute atomic E-state index is 10.9. The summed E-state index contributed by atoms with van der Waals surface area (Å²) >= 11 is 5.99. The van der Waals surface area contributed by atoms with Crippen LogP contribution in [0.4, 0.5) is 0 Å². The smallest absolute Gasteiger partial charge is 0.362 e. The molecule has 0 aliphatic heterocycles. The van der Waals surface area contributed by atoms with Gasteiger partial charge in [0, 0.05) is 17.7 Å². The quantitative estimate of drug-likeness (QED) is 0.484. The van der Waals surface area contributed by atoms with Gasteiger partial charge in [-0.3, -0.25) is 4.57 Å². The summed E-state index contributed by atoms with van der Waals surface area (Å²) in [6.07, 6.45) is -0.891. The van der Waals surface area contributed by atoms with Crippen LogP contribution < -0.4 is 9.47 Å². The largest absolute Gasteiger partial charge is 0.508 e. The zero-order valence-electron chi connectivity index (χ0n) is 14.0. The van der Waals surface area contributed by atoms with Crippen LogP contribution in [0.5, 0.6) is 23.0 Å². The minimum atomic E-state index is -4.42. The lowest BCUT2D eigenvalue weighted by Gasteiger charge is -2.14. The molecule has 0 bridgehead atoms. The van der Waals surface area contributed by atoms with Gasteiger partial charge >= 0.3 is 7.60 Å². The SMILES string of the molecule is CC(Cl)c1cc(Oc2c(C#N)cc(OCP(=O)(O)O)cc2C#N)ccc1O. The summed E-state index contributed by atoms with van der Waals surface area (Å²) < 4.78 is 21.5. The molecule has 1 atom stereocenters. The Balaban J connectivity index is 2.42. The summed E-state index contributed by atoms with van der Waals surface area (Å²) in [5.41, 5.74) is 0.277. The number of phenolic OH excluding ortho intramolecular Hbond substituents is 1. The Kier molecular flexibility index (Phi) is 6.32. The number of rotatable bonds is 6. The maximum atomic E-state index is 10.9. The van der Waals surface area contributed by atoms with Crippen molar-refractivity contribution in [2.24, 2.45) is 0 Å². The fraction of sp³-hybridized carbons (Fsp3) is 0.176. The molecule has 8 nitrogen and oxygen atoms in total. The van der Waals surface area contributed by atoms with Crippen molar-refractivity contribution in [2.45, 2.75) is 12.3 Å². The van der Waals surface area contributed by atoms with E-state index in [-0.39, 0.29) is 34.1 Å². The molecule has 0 amide bonds. The van der Waals surface area contributed by atoms with Crippen molar-refractivity contribution in [3.05, 3.63) is 47.0 Å². The standard InChI is InChI=1S/C17H14ClN2O6P/c1-10(18)15-6-13(2-3-16(15)21)26-17-11(7-19)4-14(5-12(17)8-20)25-9-27(22,23)24/h2-6,10,21H,9H2,1H3,(H2,22,23,24). The molecule has 0 radical (unpaired) electrons. The highest BCUT2D eigenvalue weighted by Gasteiger charge is 2.18. The van der Waals surface area contributed by atoms with Gasteiger partial charge in [0.2, 0.25) is 0 Å². The Hall–Kier alpha value is -2.74. The summed E-state index contributed by atoms with van der Waals surface area (Å²) in [5, 5.41) is 28.0. The number of nitriles is 2. The van der Waals surface area contributed by atoms with Crippen LogP contribution in [0.2, 0.25) is 0 Å². The molecule has 0 fully saturated rings. The number of hydrogen-bond donors (Lipinski definition) is 3. The third-order valence-corrected chi connectivity index (χ3v) is 4.05. The summed E-state index contributed by atoms with van der Waals surface area (Å²) in [6.45, 7) is 1.66. The van der Waals surface area contributed by atoms with Gasteiger partial charge in [-0.05, 0) is 25.1 Å². The van der Waals surface area contributed by atoms with E-state index in [1.165, 1.54) is 30.3 Å². The normalized spacial score (nSPS) is 11.9. The first kappa shape index (κ1) is 20.6. The zero-order chi connectivity index (χ0) is 20.2. The van der Waals surface area contributed by atoms with Crippen molar-refractivity contribution in [1.82, 2.24) is 0 Å². The second kappa shape index (κ2) is 8.30. The fourth-order valence-electron chi connectivity index (χ4n) is 2.15. The molecule has 1 unspecified atom stereocenters. The van der Waals surface area contributed by atoms with Crippen molar-refractivity contribution in [3.8, 4) is 35.1 Å². The molecule has 0 aromatic heterocycles. The van der Waals surface area contributed by atoms with E-state index in [1.54, 1.807) is 6.92 Å². The van der Waals surface area contributed by atoms with Gasteiger partial charge in [0.15, 0.2) is 12.1 Å². The van der Waals surface area contributed by atoms with Crippen LogP contribution in [0, 0.1) is 22.7 Å². The molecule has 0 aliphatic carbocycles. The van der Waals surface area contributed by atoms with Crippen LogP contribution >= 0.6 is 19.2 Å². The molecule has 2 aromatic carbocycles. The van der Waals surface area contributed by atoms with E-state index in [2.05, 4.69) is 0 Å². The van der Waals surface area contributed by atoms with Gasteiger partial charge in [-0.15, -0.1) is 11.6 Å². The Morgan fingerprint density at radius 1 is 1.15 bits per heavy atom. The van der Waals surface area contributed by atoms with Crippen LogP contribution in [0.3, 0.4) is 0 Å². The van der Waals surface area contributed by atoms with Crippen molar-refractivity contribution < 1.29 is 28.9 Å². The molecular formula is C17H14ClN2O6P. The van der Waals surface area contributed by atoms with Gasteiger partial charge in [0.05, 0.1) is 16.5 Å². The Bertz CT molecular complexity index is 955. The van der Waals surface area contributed by atoms with Crippen molar-refractivity contribution in [1.29, 1.82) is 10.5 Å². The molecule has 3 N–H and O–H groups in total. The van der Waals surface area contributed by atoms with Gasteiger partial charge in [-0.25, -0.2) is 0 Å². The second-order valence-electron chi connectivity index (χ2n) is 5.45. The molecule has 2 aromatic rings. The number of phenols is 1. The molecule has 27 heavy (non-hydrogen) atoms. The van der Waals surface area contributed by atoms with E-state index in [4.69, 9.17) is 30.9 Å². The first-order valence-electron chi connectivity index (χ1n) is 7.45. The lowest BCUT2D eigenvalue weighted by atomic mass is 10.1. The highest BCUT2D eigenvalue weighted by Crippen LogP contribution is 2.38. The van der Waals surface area contributed by atoms with Crippen LogP contribution in [0.25, 0.3) is 0 Å². The monoisotopic (exact) mass is 408 g/mol. The number of nitrogens with zero attached hydrogens (tertiary/aromatic N) is 2. The number of halogens is 1. The van der Waals surface area contributed by atoms with Crippen LogP contribution in [0.15, 0.2) is 30.3 Å². The van der Waals surface area contributed by atoms with E-state index in [0.29, 0.717) is 5.56 Å². The molecule has 0 spiro atoms. The lowest BCUT2D eigenvalue weighted by Crippen LogP contribution is -2.00. The Morgan fingerprint density at radius 3 is 2.22 bits per heavy atom. The van der Waals surface area contributed by atoms with Gasteiger partial charge < -0.3 is 24.4 Å². The maximum Gasteiger partial charge on any atom is 0.362 e. The summed E-state index contributed by atoms with van der Waals surface area (Å²) in [4.78, 5) is 17.7. The minimum Gasteiger partial charge on any atom is -0.508 e. The third-order valence-electron chi connectivity index (χ3n) is 3.35. The van der Waals surface area contributed by atoms with E-state index < -0.39 is 19.3 Å². The van der Waals surface area contributed by atoms with Gasteiger partial charge in [0.25, 0.3) is 0 Å². The predicted molar refractivity (Wildman–Crippen MR) is 95.9 cm³/mol. The first-order chi connectivity index (χ1) is 12.6. The summed E-state index contributed by atoms with van der Waals surface area (Å²) in [7, 11) is -4.42. The second-order valence-corrected chi connectivity index (χ2v) is 7.69. The van der Waals surface area contributed by atoms with Gasteiger partial charge in [0.1, 0.15) is 29.4 Å². The Labute approximate surface area is 159 Å². The Morgan fingerprint density at radius 2 is 1.74 bits per heavy atom. The van der Waals surface area contributed by atoms with E-state index in [9.17, 15) is 20.2 Å². The molecule has 2 rings (SSSR count). The van der Waals surface area contributed by atoms with Gasteiger partial charge in [-0.2, -0.15) is 10.5 Å². The lowest BCUT2D eigenvalue weighted by molar-refractivity contribution is 0.300. The molecule has 140 valence electrons. The summed E-state index contributed by atoms with van der Waals surface area (Å²) in [5.74, 6) is 0.112. The van der Waals surface area contributed by atoms with Crippen LogP contribution in [-0.4, -0.2) is 21.2 Å². The third kappa shape index (κ3) is 5.37. The number of hydrogen-bond acceptors (Lipinski definition) is 6. The number of ether oxygens (including phenoxy) is 2. The first-order valence-corrected chi connectivity index (χ1v) is 9.68. The van der Waals surface area contributed by atoms with Crippen molar-refractivity contribution in [3.63, 3.8) is 0 Å². The highest BCUT2D eigenvalue weighted by molar-refractivity contribution is 7.51. The average molecular weight is 409 g/mol. The molecule has 0 saturated heterocycles. The van der Waals surface area contributed by atoms with E-state index >= 15 is 0 Å².